The number of nitrogens with zero attached hydrogens (tertiary/aromatic N) is 4. The number of hydrogen-bond donors (Lipinski definition) is 1. The van der Waals surface area contributed by atoms with E-state index in [0.717, 1.165) is 27.7 Å². The second-order valence-corrected chi connectivity index (χ2v) is 7.62. The molecule has 0 saturated carbocycles. The van der Waals surface area contributed by atoms with Gasteiger partial charge in [-0.05, 0) is 51.9 Å². The van der Waals surface area contributed by atoms with Crippen LogP contribution in [-0.2, 0) is 0 Å². The van der Waals surface area contributed by atoms with Crippen LogP contribution in [0.2, 0.25) is 0 Å². The van der Waals surface area contributed by atoms with Crippen molar-refractivity contribution in [1.29, 1.82) is 0 Å². The first-order chi connectivity index (χ1) is 15.8. The van der Waals surface area contributed by atoms with E-state index >= 15 is 0 Å². The molecule has 32 heavy (non-hydrogen) atoms. The van der Waals surface area contributed by atoms with Crippen LogP contribution in [0, 0.1) is 0 Å². The minimum absolute atomic E-state index is 0.337. The van der Waals surface area contributed by atoms with Gasteiger partial charge in [-0.25, -0.2) is 9.98 Å². The topological polar surface area (TPSA) is 68.6 Å². The van der Waals surface area contributed by atoms with Gasteiger partial charge in [0.05, 0.1) is 5.52 Å². The minimum atomic E-state index is 0.337. The van der Waals surface area contributed by atoms with Gasteiger partial charge in [0.25, 0.3) is 0 Å². The van der Waals surface area contributed by atoms with Gasteiger partial charge in [0.15, 0.2) is 11.7 Å². The Morgan fingerprint density at radius 2 is 1.47 bits per heavy atom. The van der Waals surface area contributed by atoms with Crippen LogP contribution < -0.4 is 5.73 Å². The van der Waals surface area contributed by atoms with E-state index in [4.69, 9.17) is 10.7 Å². The number of amidine groups is 1. The van der Waals surface area contributed by atoms with Gasteiger partial charge in [0, 0.05) is 18.0 Å². The highest BCUT2D eigenvalue weighted by atomic mass is 15.1. The van der Waals surface area contributed by atoms with E-state index < -0.39 is 0 Å². The molecule has 6 rings (SSSR count). The first-order valence-corrected chi connectivity index (χ1v) is 10.4. The van der Waals surface area contributed by atoms with Crippen molar-refractivity contribution in [1.82, 2.24) is 14.4 Å². The molecule has 152 valence electrons. The van der Waals surface area contributed by atoms with Gasteiger partial charge in [0.1, 0.15) is 11.5 Å². The summed E-state index contributed by atoms with van der Waals surface area (Å²) in [4.78, 5) is 14.0. The maximum Gasteiger partial charge on any atom is 0.180 e. The molecular formula is C27H19N5. The van der Waals surface area contributed by atoms with Crippen LogP contribution in [0.1, 0.15) is 5.69 Å². The fourth-order valence-corrected chi connectivity index (χ4v) is 4.22. The quantitative estimate of drug-likeness (QED) is 0.228. The Balaban J connectivity index is 1.68. The number of nitrogens with two attached hydrogens (primary N) is 1. The zero-order valence-corrected chi connectivity index (χ0v) is 17.2. The van der Waals surface area contributed by atoms with Crippen LogP contribution >= 0.6 is 0 Å². The molecule has 5 nitrogen and oxygen atoms in total. The summed E-state index contributed by atoms with van der Waals surface area (Å²) in [5.41, 5.74) is 8.88. The monoisotopic (exact) mass is 413 g/mol. The molecule has 5 heteroatoms. The molecule has 6 aromatic rings. The van der Waals surface area contributed by atoms with Gasteiger partial charge in [-0.3, -0.25) is 9.38 Å². The molecule has 3 heterocycles. The Labute approximate surface area is 184 Å². The molecule has 0 bridgehead atoms. The van der Waals surface area contributed by atoms with Crippen molar-refractivity contribution >= 4 is 38.7 Å². The molecule has 0 aliphatic carbocycles. The number of imidazole rings is 1. The summed E-state index contributed by atoms with van der Waals surface area (Å²) in [5.74, 6) is 1.74. The highest BCUT2D eigenvalue weighted by Gasteiger charge is 2.18. The van der Waals surface area contributed by atoms with Gasteiger partial charge < -0.3 is 5.73 Å². The molecule has 0 atom stereocenters. The summed E-state index contributed by atoms with van der Waals surface area (Å²) in [7, 11) is 0. The molecule has 0 saturated heterocycles. The molecule has 0 radical (unpaired) electrons. The SMILES string of the molecule is N/C(=N\c1nc(-c2c3ccccc3cc3ccccc23)n2ccccc12)c1ccccn1. The molecular weight excluding hydrogens is 394 g/mol. The summed E-state index contributed by atoms with van der Waals surface area (Å²) in [6, 6.07) is 30.6. The number of benzene rings is 3. The number of aliphatic imine (C=N–C) groups is 1. The van der Waals surface area contributed by atoms with Gasteiger partial charge >= 0.3 is 0 Å². The predicted octanol–water partition coefficient (Wildman–Crippen LogP) is 5.74. The normalized spacial score (nSPS) is 12.1. The van der Waals surface area contributed by atoms with Gasteiger partial charge in [-0.2, -0.15) is 0 Å². The Morgan fingerprint density at radius 1 is 0.781 bits per heavy atom. The lowest BCUT2D eigenvalue weighted by atomic mass is 9.96. The lowest BCUT2D eigenvalue weighted by Gasteiger charge is -2.11. The Morgan fingerprint density at radius 3 is 2.19 bits per heavy atom. The van der Waals surface area contributed by atoms with Crippen molar-refractivity contribution in [3.63, 3.8) is 0 Å². The highest BCUT2D eigenvalue weighted by molar-refractivity contribution is 6.12. The Kier molecular flexibility index (Phi) is 4.18. The van der Waals surface area contributed by atoms with Crippen LogP contribution in [0.15, 0.2) is 108 Å². The zero-order valence-electron chi connectivity index (χ0n) is 17.2. The van der Waals surface area contributed by atoms with Crippen molar-refractivity contribution < 1.29 is 0 Å². The molecule has 0 unspecified atom stereocenters. The number of hydrogen-bond acceptors (Lipinski definition) is 3. The lowest BCUT2D eigenvalue weighted by molar-refractivity contribution is 1.17. The van der Waals surface area contributed by atoms with Crippen molar-refractivity contribution in [2.45, 2.75) is 0 Å². The van der Waals surface area contributed by atoms with E-state index in [1.54, 1.807) is 6.20 Å². The van der Waals surface area contributed by atoms with E-state index in [1.807, 2.05) is 42.6 Å². The van der Waals surface area contributed by atoms with E-state index in [0.29, 0.717) is 17.3 Å². The number of pyridine rings is 2. The maximum atomic E-state index is 6.29. The molecule has 2 N–H and O–H groups in total. The molecule has 0 amide bonds. The summed E-state index contributed by atoms with van der Waals surface area (Å²) in [6.45, 7) is 0. The third-order valence-corrected chi connectivity index (χ3v) is 5.68. The Hall–Kier alpha value is -4.51. The maximum absolute atomic E-state index is 6.29. The highest BCUT2D eigenvalue weighted by Crippen LogP contribution is 2.38. The van der Waals surface area contributed by atoms with Gasteiger partial charge in [0.2, 0.25) is 0 Å². The fraction of sp³-hybridized carbons (Fsp3) is 0. The first kappa shape index (κ1) is 18.3. The number of rotatable bonds is 3. The molecule has 3 aromatic heterocycles. The van der Waals surface area contributed by atoms with E-state index in [2.05, 4.69) is 69.0 Å². The summed E-state index contributed by atoms with van der Waals surface area (Å²) in [5, 5.41) is 4.64. The average molecular weight is 413 g/mol. The first-order valence-electron chi connectivity index (χ1n) is 10.4. The minimum Gasteiger partial charge on any atom is -0.382 e. The molecule has 0 aliphatic rings. The smallest absolute Gasteiger partial charge is 0.180 e. The van der Waals surface area contributed by atoms with Gasteiger partial charge in [-0.15, -0.1) is 0 Å². The van der Waals surface area contributed by atoms with Crippen LogP contribution in [0.5, 0.6) is 0 Å². The van der Waals surface area contributed by atoms with Crippen molar-refractivity contribution in [3.05, 3.63) is 109 Å². The lowest BCUT2D eigenvalue weighted by Crippen LogP contribution is -2.14. The standard InChI is InChI=1S/C27H19N5/c28-25(22-13-5-7-15-29-22)30-26-23-14-6-8-16-32(23)27(31-26)24-20-11-3-1-9-18(20)17-19-10-2-4-12-21(19)24/h1-17H,(H2,28,30). The van der Waals surface area contributed by atoms with E-state index in [-0.39, 0.29) is 0 Å². The largest absolute Gasteiger partial charge is 0.382 e. The molecule has 0 aliphatic heterocycles. The van der Waals surface area contributed by atoms with E-state index in [9.17, 15) is 0 Å². The van der Waals surface area contributed by atoms with Crippen LogP contribution in [0.3, 0.4) is 0 Å². The fourth-order valence-electron chi connectivity index (χ4n) is 4.22. The Bertz CT molecular complexity index is 1580. The van der Waals surface area contributed by atoms with Crippen LogP contribution in [0.25, 0.3) is 38.4 Å². The van der Waals surface area contributed by atoms with E-state index in [1.165, 1.54) is 10.8 Å². The number of aromatic nitrogens is 3. The number of fused-ring (bicyclic) bond motifs is 3. The van der Waals surface area contributed by atoms with Gasteiger partial charge in [-0.1, -0.05) is 60.7 Å². The van der Waals surface area contributed by atoms with Crippen LogP contribution in [0.4, 0.5) is 5.82 Å². The zero-order chi connectivity index (χ0) is 21.5. The molecule has 0 spiro atoms. The second-order valence-electron chi connectivity index (χ2n) is 7.62. The average Bonchev–Trinajstić information content (AvgIpc) is 3.21. The predicted molar refractivity (Wildman–Crippen MR) is 130 cm³/mol. The summed E-state index contributed by atoms with van der Waals surface area (Å²) in [6.07, 6.45) is 3.72. The summed E-state index contributed by atoms with van der Waals surface area (Å²) >= 11 is 0. The van der Waals surface area contributed by atoms with Crippen molar-refractivity contribution in [2.75, 3.05) is 0 Å². The second kappa shape index (κ2) is 7.32. The summed E-state index contributed by atoms with van der Waals surface area (Å²) < 4.78 is 2.08. The third-order valence-electron chi connectivity index (χ3n) is 5.68. The van der Waals surface area contributed by atoms with Crippen LogP contribution in [-0.4, -0.2) is 20.2 Å². The molecule has 3 aromatic carbocycles. The van der Waals surface area contributed by atoms with Crippen molar-refractivity contribution in [3.8, 4) is 11.4 Å². The molecule has 0 fully saturated rings. The third kappa shape index (κ3) is 2.91. The van der Waals surface area contributed by atoms with Crippen molar-refractivity contribution in [2.24, 2.45) is 10.7 Å².